The van der Waals surface area contributed by atoms with Crippen LogP contribution in [0.25, 0.3) is 0 Å². The molecule has 3 saturated heterocycles. The topological polar surface area (TPSA) is 100 Å². The highest BCUT2D eigenvalue weighted by atomic mass is 19.4. The third kappa shape index (κ3) is 4.36. The Labute approximate surface area is 195 Å². The van der Waals surface area contributed by atoms with Crippen LogP contribution in [0.1, 0.15) is 37.8 Å². The molecule has 0 aromatic carbocycles. The van der Waals surface area contributed by atoms with E-state index in [0.29, 0.717) is 58.2 Å². The quantitative estimate of drug-likeness (QED) is 0.637. The van der Waals surface area contributed by atoms with Gasteiger partial charge in [-0.15, -0.1) is 0 Å². The summed E-state index contributed by atoms with van der Waals surface area (Å²) in [5.74, 6) is -0.114. The summed E-state index contributed by atoms with van der Waals surface area (Å²) in [5, 5.41) is 14.8. The van der Waals surface area contributed by atoms with Gasteiger partial charge >= 0.3 is 6.18 Å². The van der Waals surface area contributed by atoms with Crippen LogP contribution in [0, 0.1) is 0 Å². The molecule has 12 heteroatoms. The Hall–Kier alpha value is -2.02. The predicted octanol–water partition coefficient (Wildman–Crippen LogP) is 0.962. The zero-order chi connectivity index (χ0) is 24.1. The van der Waals surface area contributed by atoms with Crippen molar-refractivity contribution < 1.29 is 32.5 Å². The molecule has 1 aromatic heterocycles. The number of aliphatic hydroxyl groups is 1. The summed E-state index contributed by atoms with van der Waals surface area (Å²) < 4.78 is 50.0. The van der Waals surface area contributed by atoms with E-state index >= 15 is 0 Å². The molecule has 0 radical (unpaired) electrons. The Morgan fingerprint density at radius 1 is 1.29 bits per heavy atom. The number of amides is 1. The van der Waals surface area contributed by atoms with Gasteiger partial charge in [0.2, 0.25) is 0 Å². The molecular formula is C22H30F3N5O4. The van der Waals surface area contributed by atoms with Gasteiger partial charge in [0.25, 0.3) is 5.91 Å². The number of likely N-dealkylation sites (tertiary alicyclic amines) is 1. The van der Waals surface area contributed by atoms with Gasteiger partial charge in [-0.25, -0.2) is 4.98 Å². The minimum absolute atomic E-state index is 0.00590. The molecule has 4 fully saturated rings. The minimum atomic E-state index is -4.56. The monoisotopic (exact) mass is 485 g/mol. The maximum Gasteiger partial charge on any atom is 0.434 e. The van der Waals surface area contributed by atoms with Gasteiger partial charge in [0.05, 0.1) is 37.2 Å². The lowest BCUT2D eigenvalue weighted by atomic mass is 9.98. The van der Waals surface area contributed by atoms with Crippen LogP contribution in [-0.2, 0) is 20.4 Å². The molecule has 0 spiro atoms. The van der Waals surface area contributed by atoms with E-state index in [2.05, 4.69) is 15.3 Å². The van der Waals surface area contributed by atoms with Crippen LogP contribution in [0.15, 0.2) is 12.4 Å². The largest absolute Gasteiger partial charge is 0.434 e. The number of anilines is 1. The molecule has 1 amide bonds. The molecule has 6 atom stereocenters. The summed E-state index contributed by atoms with van der Waals surface area (Å²) in [4.78, 5) is 24.3. The van der Waals surface area contributed by atoms with Crippen LogP contribution in [0.2, 0.25) is 0 Å². The van der Waals surface area contributed by atoms with E-state index in [-0.39, 0.29) is 42.0 Å². The van der Waals surface area contributed by atoms with E-state index in [0.717, 1.165) is 6.42 Å². The second-order valence-corrected chi connectivity index (χ2v) is 9.80. The summed E-state index contributed by atoms with van der Waals surface area (Å²) in [6.07, 6.45) is 0.257. The van der Waals surface area contributed by atoms with E-state index in [4.69, 9.17) is 9.47 Å². The van der Waals surface area contributed by atoms with Crippen molar-refractivity contribution in [2.75, 3.05) is 38.3 Å². The van der Waals surface area contributed by atoms with Crippen molar-refractivity contribution in [3.8, 4) is 0 Å². The van der Waals surface area contributed by atoms with Crippen LogP contribution in [0.4, 0.5) is 19.0 Å². The highest BCUT2D eigenvalue weighted by Gasteiger charge is 2.53. The molecular weight excluding hydrogens is 455 g/mol. The van der Waals surface area contributed by atoms with Crippen molar-refractivity contribution in [2.45, 2.75) is 74.2 Å². The number of hydrogen-bond donors (Lipinski definition) is 2. The van der Waals surface area contributed by atoms with Gasteiger partial charge in [0, 0.05) is 45.3 Å². The maximum absolute atomic E-state index is 13.4. The van der Waals surface area contributed by atoms with E-state index in [1.54, 1.807) is 16.9 Å². The second-order valence-electron chi connectivity index (χ2n) is 9.80. The zero-order valence-corrected chi connectivity index (χ0v) is 19.0. The smallest absolute Gasteiger partial charge is 0.380 e. The van der Waals surface area contributed by atoms with Gasteiger partial charge in [0.1, 0.15) is 11.4 Å². The number of piperazine rings is 1. The molecule has 3 aliphatic heterocycles. The number of nitrogens with one attached hydrogen (secondary N) is 1. The van der Waals surface area contributed by atoms with Crippen LogP contribution in [-0.4, -0.2) is 95.2 Å². The van der Waals surface area contributed by atoms with Crippen molar-refractivity contribution >= 4 is 11.7 Å². The average Bonchev–Trinajstić information content (AvgIpc) is 3.53. The van der Waals surface area contributed by atoms with Gasteiger partial charge in [0.15, 0.2) is 5.69 Å². The standard InChI is InChI=1S/C22H30F3N5O4/c1-33-17-12-34-5-3-16(17)27-13-2-4-21(32,7-13)20(31)30-11-14-6-15(30)10-29(14)19-9-26-8-18(28-19)22(23,24)25/h8-9,13-17,27,32H,2-7,10-12H2,1H3/t13-,14+,15+,16+,17-,21-/m1/s1. The number of halogens is 3. The van der Waals surface area contributed by atoms with Crippen LogP contribution >= 0.6 is 0 Å². The van der Waals surface area contributed by atoms with Gasteiger partial charge in [-0.1, -0.05) is 0 Å². The van der Waals surface area contributed by atoms with Crippen LogP contribution < -0.4 is 10.2 Å². The number of fused-ring (bicyclic) bond motifs is 2. The first-order valence-corrected chi connectivity index (χ1v) is 11.7. The van der Waals surface area contributed by atoms with Crippen LogP contribution in [0.3, 0.4) is 0 Å². The fourth-order valence-corrected chi connectivity index (χ4v) is 5.89. The van der Waals surface area contributed by atoms with E-state index in [1.807, 2.05) is 0 Å². The average molecular weight is 486 g/mol. The molecule has 4 heterocycles. The van der Waals surface area contributed by atoms with E-state index < -0.39 is 17.5 Å². The second kappa shape index (κ2) is 8.89. The Kier molecular flexibility index (Phi) is 6.20. The van der Waals surface area contributed by atoms with Crippen molar-refractivity contribution in [1.29, 1.82) is 0 Å². The zero-order valence-electron chi connectivity index (χ0n) is 19.0. The number of carbonyl (C=O) groups excluding carboxylic acids is 1. The fraction of sp³-hybridized carbons (Fsp3) is 0.773. The molecule has 0 unspecified atom stereocenters. The lowest BCUT2D eigenvalue weighted by Crippen LogP contribution is -2.56. The van der Waals surface area contributed by atoms with Crippen molar-refractivity contribution in [1.82, 2.24) is 20.2 Å². The molecule has 9 nitrogen and oxygen atoms in total. The fourth-order valence-electron chi connectivity index (χ4n) is 5.89. The number of ether oxygens (including phenoxy) is 2. The number of nitrogens with zero attached hydrogens (tertiary/aromatic N) is 4. The minimum Gasteiger partial charge on any atom is -0.380 e. The highest BCUT2D eigenvalue weighted by Crippen LogP contribution is 2.39. The number of alkyl halides is 3. The Bertz CT molecular complexity index is 921. The summed E-state index contributed by atoms with van der Waals surface area (Å²) >= 11 is 0. The predicted molar refractivity (Wildman–Crippen MR) is 114 cm³/mol. The lowest BCUT2D eigenvalue weighted by molar-refractivity contribution is -0.152. The molecule has 2 N–H and O–H groups in total. The molecule has 4 aliphatic rings. The molecule has 1 aliphatic carbocycles. The van der Waals surface area contributed by atoms with Gasteiger partial charge < -0.3 is 29.7 Å². The normalized spacial score (nSPS) is 35.9. The van der Waals surface area contributed by atoms with Crippen molar-refractivity contribution in [3.05, 3.63) is 18.1 Å². The molecule has 188 valence electrons. The Morgan fingerprint density at radius 2 is 2.12 bits per heavy atom. The molecule has 2 bridgehead atoms. The first-order valence-electron chi connectivity index (χ1n) is 11.7. The molecule has 1 aromatic rings. The molecule has 5 rings (SSSR count). The van der Waals surface area contributed by atoms with Gasteiger partial charge in [-0.2, -0.15) is 13.2 Å². The first kappa shape index (κ1) is 23.7. The van der Waals surface area contributed by atoms with Crippen molar-refractivity contribution in [3.63, 3.8) is 0 Å². The maximum atomic E-state index is 13.4. The summed E-state index contributed by atoms with van der Waals surface area (Å²) in [5.41, 5.74) is -2.46. The van der Waals surface area contributed by atoms with E-state index in [9.17, 15) is 23.1 Å². The third-order valence-corrected chi connectivity index (χ3v) is 7.65. The number of hydrogen-bond acceptors (Lipinski definition) is 8. The first-order chi connectivity index (χ1) is 16.2. The number of aromatic nitrogens is 2. The van der Waals surface area contributed by atoms with Crippen LogP contribution in [0.5, 0.6) is 0 Å². The number of carbonyl (C=O) groups is 1. The molecule has 34 heavy (non-hydrogen) atoms. The Balaban J connectivity index is 1.20. The number of rotatable bonds is 5. The number of methoxy groups -OCH3 is 1. The highest BCUT2D eigenvalue weighted by molar-refractivity contribution is 5.86. The summed E-state index contributed by atoms with van der Waals surface area (Å²) in [6.45, 7) is 1.90. The SMILES string of the molecule is CO[C@@H]1COCC[C@@H]1N[C@@H]1CC[C@](O)(C(=O)N2C[C@@H]3C[C@H]2CN3c2cncc(C(F)(F)F)n2)C1. The Morgan fingerprint density at radius 3 is 2.82 bits per heavy atom. The van der Waals surface area contributed by atoms with Crippen molar-refractivity contribution in [2.24, 2.45) is 0 Å². The van der Waals surface area contributed by atoms with E-state index in [1.165, 1.54) is 6.20 Å². The lowest BCUT2D eigenvalue weighted by Gasteiger charge is -2.38. The summed E-state index contributed by atoms with van der Waals surface area (Å²) in [6, 6.07) is -0.189. The third-order valence-electron chi connectivity index (χ3n) is 7.65. The molecule has 1 saturated carbocycles. The summed E-state index contributed by atoms with van der Waals surface area (Å²) in [7, 11) is 1.65. The van der Waals surface area contributed by atoms with Gasteiger partial charge in [-0.05, 0) is 25.7 Å². The van der Waals surface area contributed by atoms with Gasteiger partial charge in [-0.3, -0.25) is 9.78 Å².